The van der Waals surface area contributed by atoms with E-state index in [9.17, 15) is 4.79 Å². The van der Waals surface area contributed by atoms with Crippen LogP contribution in [0.5, 0.6) is 0 Å². The number of nitrogens with one attached hydrogen (secondary N) is 1. The highest BCUT2D eigenvalue weighted by Gasteiger charge is 2.08. The molecule has 4 heteroatoms. The fourth-order valence-corrected chi connectivity index (χ4v) is 2.00. The van der Waals surface area contributed by atoms with Gasteiger partial charge in [-0.05, 0) is 30.0 Å². The number of hydrogen-bond acceptors (Lipinski definition) is 2. The van der Waals surface area contributed by atoms with E-state index >= 15 is 0 Å². The standard InChI is InChI=1S/C14H20ClNO2/c1-2-11(6-7-17)10-16-14(18)9-12-4-3-5-13(15)8-12/h3-5,8,11,17H,2,6-7,9-10H2,1H3,(H,16,18). The van der Waals surface area contributed by atoms with Crippen molar-refractivity contribution < 1.29 is 9.90 Å². The molecule has 1 amide bonds. The molecule has 1 unspecified atom stereocenters. The maximum absolute atomic E-state index is 11.7. The van der Waals surface area contributed by atoms with Gasteiger partial charge in [0, 0.05) is 18.2 Å². The molecule has 0 saturated carbocycles. The summed E-state index contributed by atoms with van der Waals surface area (Å²) in [7, 11) is 0. The Hall–Kier alpha value is -1.06. The van der Waals surface area contributed by atoms with Crippen LogP contribution >= 0.6 is 11.6 Å². The molecule has 0 fully saturated rings. The summed E-state index contributed by atoms with van der Waals surface area (Å²) in [5.74, 6) is 0.340. The molecule has 0 bridgehead atoms. The number of hydrogen-bond donors (Lipinski definition) is 2. The van der Waals surface area contributed by atoms with Gasteiger partial charge >= 0.3 is 0 Å². The molecule has 100 valence electrons. The first kappa shape index (κ1) is 15.0. The summed E-state index contributed by atoms with van der Waals surface area (Å²) in [5.41, 5.74) is 0.912. The Balaban J connectivity index is 2.37. The number of halogens is 1. The monoisotopic (exact) mass is 269 g/mol. The topological polar surface area (TPSA) is 49.3 Å². The second kappa shape index (κ2) is 8.11. The number of aliphatic hydroxyl groups is 1. The molecule has 0 radical (unpaired) electrons. The van der Waals surface area contributed by atoms with Crippen molar-refractivity contribution in [2.24, 2.45) is 5.92 Å². The zero-order valence-electron chi connectivity index (χ0n) is 10.7. The third-order valence-electron chi connectivity index (χ3n) is 2.96. The smallest absolute Gasteiger partial charge is 0.224 e. The third-order valence-corrected chi connectivity index (χ3v) is 3.19. The summed E-state index contributed by atoms with van der Waals surface area (Å²) in [6.07, 6.45) is 2.03. The fourth-order valence-electron chi connectivity index (χ4n) is 1.79. The zero-order chi connectivity index (χ0) is 13.4. The molecule has 2 N–H and O–H groups in total. The summed E-state index contributed by atoms with van der Waals surface area (Å²) in [4.78, 5) is 11.7. The van der Waals surface area contributed by atoms with Crippen LogP contribution < -0.4 is 5.32 Å². The van der Waals surface area contributed by atoms with E-state index in [2.05, 4.69) is 12.2 Å². The molecule has 1 aromatic carbocycles. The molecule has 0 spiro atoms. The molecule has 18 heavy (non-hydrogen) atoms. The van der Waals surface area contributed by atoms with Crippen LogP contribution in [0.3, 0.4) is 0 Å². The van der Waals surface area contributed by atoms with Crippen LogP contribution in [-0.4, -0.2) is 24.2 Å². The molecule has 1 atom stereocenters. The molecule has 0 aliphatic heterocycles. The SMILES string of the molecule is CCC(CCO)CNC(=O)Cc1cccc(Cl)c1. The summed E-state index contributed by atoms with van der Waals surface area (Å²) in [5, 5.41) is 12.4. The van der Waals surface area contributed by atoms with Crippen LogP contribution in [0.25, 0.3) is 0 Å². The van der Waals surface area contributed by atoms with E-state index in [1.54, 1.807) is 12.1 Å². The Labute approximate surface area is 113 Å². The van der Waals surface area contributed by atoms with Gasteiger partial charge in [-0.25, -0.2) is 0 Å². The summed E-state index contributed by atoms with van der Waals surface area (Å²) < 4.78 is 0. The van der Waals surface area contributed by atoms with Crippen molar-refractivity contribution in [1.29, 1.82) is 0 Å². The van der Waals surface area contributed by atoms with Gasteiger partial charge in [0.25, 0.3) is 0 Å². The highest BCUT2D eigenvalue weighted by molar-refractivity contribution is 6.30. The predicted octanol–water partition coefficient (Wildman–Crippen LogP) is 2.41. The van der Waals surface area contributed by atoms with Crippen LogP contribution in [0.4, 0.5) is 0 Å². The molecule has 0 aromatic heterocycles. The Morgan fingerprint density at radius 1 is 1.50 bits per heavy atom. The lowest BCUT2D eigenvalue weighted by Crippen LogP contribution is -2.30. The highest BCUT2D eigenvalue weighted by Crippen LogP contribution is 2.11. The van der Waals surface area contributed by atoms with Gasteiger partial charge in [-0.15, -0.1) is 0 Å². The lowest BCUT2D eigenvalue weighted by molar-refractivity contribution is -0.120. The molecule has 0 heterocycles. The number of benzene rings is 1. The van der Waals surface area contributed by atoms with Crippen molar-refractivity contribution in [2.75, 3.05) is 13.2 Å². The number of carbonyl (C=O) groups is 1. The average Bonchev–Trinajstić information content (AvgIpc) is 2.34. The van der Waals surface area contributed by atoms with E-state index in [1.807, 2.05) is 12.1 Å². The minimum atomic E-state index is -0.00587. The first-order valence-electron chi connectivity index (χ1n) is 6.27. The molecule has 1 aromatic rings. The molecular weight excluding hydrogens is 250 g/mol. The predicted molar refractivity (Wildman–Crippen MR) is 73.6 cm³/mol. The quantitative estimate of drug-likeness (QED) is 0.799. The van der Waals surface area contributed by atoms with E-state index in [0.29, 0.717) is 23.9 Å². The van der Waals surface area contributed by atoms with E-state index in [-0.39, 0.29) is 12.5 Å². The number of aliphatic hydroxyl groups excluding tert-OH is 1. The molecule has 0 aliphatic carbocycles. The van der Waals surface area contributed by atoms with Crippen molar-refractivity contribution in [3.8, 4) is 0 Å². The third kappa shape index (κ3) is 5.52. The van der Waals surface area contributed by atoms with Gasteiger partial charge in [-0.2, -0.15) is 0 Å². The molecular formula is C14H20ClNO2. The Kier molecular flexibility index (Phi) is 6.76. The molecule has 3 nitrogen and oxygen atoms in total. The van der Waals surface area contributed by atoms with Crippen LogP contribution in [0.1, 0.15) is 25.3 Å². The first-order valence-corrected chi connectivity index (χ1v) is 6.65. The Bertz CT molecular complexity index is 382. The molecule has 0 saturated heterocycles. The summed E-state index contributed by atoms with van der Waals surface area (Å²) in [6, 6.07) is 7.31. The van der Waals surface area contributed by atoms with Crippen LogP contribution in [-0.2, 0) is 11.2 Å². The van der Waals surface area contributed by atoms with Gasteiger partial charge < -0.3 is 10.4 Å². The normalized spacial score (nSPS) is 12.2. The van der Waals surface area contributed by atoms with Gasteiger partial charge in [0.05, 0.1) is 6.42 Å². The number of rotatable bonds is 7. The van der Waals surface area contributed by atoms with Crippen LogP contribution in [0.2, 0.25) is 5.02 Å². The zero-order valence-corrected chi connectivity index (χ0v) is 11.4. The van der Waals surface area contributed by atoms with Gasteiger partial charge in [-0.1, -0.05) is 37.1 Å². The van der Waals surface area contributed by atoms with Crippen molar-refractivity contribution in [3.05, 3.63) is 34.9 Å². The van der Waals surface area contributed by atoms with E-state index < -0.39 is 0 Å². The fraction of sp³-hybridized carbons (Fsp3) is 0.500. The van der Waals surface area contributed by atoms with E-state index in [0.717, 1.165) is 18.4 Å². The summed E-state index contributed by atoms with van der Waals surface area (Å²) >= 11 is 5.86. The second-order valence-electron chi connectivity index (χ2n) is 4.40. The van der Waals surface area contributed by atoms with Crippen molar-refractivity contribution in [1.82, 2.24) is 5.32 Å². The number of amides is 1. The van der Waals surface area contributed by atoms with Gasteiger partial charge in [0.15, 0.2) is 0 Å². The number of carbonyl (C=O) groups excluding carboxylic acids is 1. The average molecular weight is 270 g/mol. The van der Waals surface area contributed by atoms with Crippen molar-refractivity contribution in [2.45, 2.75) is 26.2 Å². The maximum atomic E-state index is 11.7. The Morgan fingerprint density at radius 2 is 2.28 bits per heavy atom. The van der Waals surface area contributed by atoms with Crippen LogP contribution in [0, 0.1) is 5.92 Å². The lowest BCUT2D eigenvalue weighted by atomic mass is 10.0. The lowest BCUT2D eigenvalue weighted by Gasteiger charge is -2.14. The Morgan fingerprint density at radius 3 is 2.89 bits per heavy atom. The van der Waals surface area contributed by atoms with E-state index in [4.69, 9.17) is 16.7 Å². The van der Waals surface area contributed by atoms with Gasteiger partial charge in [-0.3, -0.25) is 4.79 Å². The minimum absolute atomic E-state index is 0.00587. The highest BCUT2D eigenvalue weighted by atomic mass is 35.5. The van der Waals surface area contributed by atoms with Crippen molar-refractivity contribution >= 4 is 17.5 Å². The maximum Gasteiger partial charge on any atom is 0.224 e. The molecule has 1 rings (SSSR count). The summed E-state index contributed by atoms with van der Waals surface area (Å²) in [6.45, 7) is 2.85. The van der Waals surface area contributed by atoms with Gasteiger partial charge in [0.1, 0.15) is 0 Å². The van der Waals surface area contributed by atoms with Gasteiger partial charge in [0.2, 0.25) is 5.91 Å². The first-order chi connectivity index (χ1) is 8.65. The van der Waals surface area contributed by atoms with Crippen LogP contribution in [0.15, 0.2) is 24.3 Å². The second-order valence-corrected chi connectivity index (χ2v) is 4.83. The van der Waals surface area contributed by atoms with Crippen molar-refractivity contribution in [3.63, 3.8) is 0 Å². The molecule has 0 aliphatic rings. The largest absolute Gasteiger partial charge is 0.396 e. The minimum Gasteiger partial charge on any atom is -0.396 e. The van der Waals surface area contributed by atoms with E-state index in [1.165, 1.54) is 0 Å².